The van der Waals surface area contributed by atoms with E-state index in [-0.39, 0.29) is 6.61 Å². The van der Waals surface area contributed by atoms with Crippen LogP contribution in [0.3, 0.4) is 0 Å². The van der Waals surface area contributed by atoms with Crippen LogP contribution in [0.1, 0.15) is 0 Å². The third-order valence-electron chi connectivity index (χ3n) is 3.06. The van der Waals surface area contributed by atoms with E-state index in [9.17, 15) is 0 Å². The van der Waals surface area contributed by atoms with E-state index in [0.717, 1.165) is 16.7 Å². The Kier molecular flexibility index (Phi) is 8.36. The quantitative estimate of drug-likeness (QED) is 0.600. The molecule has 0 saturated carbocycles. The van der Waals surface area contributed by atoms with Crippen LogP contribution in [-0.2, 0) is 14.2 Å². The summed E-state index contributed by atoms with van der Waals surface area (Å²) in [5.74, 6) is 0.768. The molecule has 2 rings (SSSR count). The first-order valence-corrected chi connectivity index (χ1v) is 7.72. The number of nitrogens with zero attached hydrogens (tertiary/aromatic N) is 1. The smallest absolute Gasteiger partial charge is 0.145 e. The van der Waals surface area contributed by atoms with Crippen molar-refractivity contribution in [3.05, 3.63) is 36.5 Å². The molecule has 1 aromatic carbocycles. The summed E-state index contributed by atoms with van der Waals surface area (Å²) < 4.78 is 21.6. The van der Waals surface area contributed by atoms with E-state index >= 15 is 0 Å². The molecule has 1 heterocycles. The molecule has 126 valence electrons. The van der Waals surface area contributed by atoms with Gasteiger partial charge in [0.25, 0.3) is 0 Å². The predicted molar refractivity (Wildman–Crippen MR) is 86.8 cm³/mol. The number of rotatable bonds is 12. The van der Waals surface area contributed by atoms with Crippen molar-refractivity contribution in [3.63, 3.8) is 0 Å². The number of aliphatic hydroxyl groups excluding tert-OH is 1. The summed E-state index contributed by atoms with van der Waals surface area (Å²) in [5.41, 5.74) is 0.862. The van der Waals surface area contributed by atoms with Gasteiger partial charge in [-0.3, -0.25) is 4.98 Å². The number of fused-ring (bicyclic) bond motifs is 1. The fourth-order valence-electron chi connectivity index (χ4n) is 2.01. The highest BCUT2D eigenvalue weighted by Crippen LogP contribution is 2.22. The third-order valence-corrected chi connectivity index (χ3v) is 3.06. The van der Waals surface area contributed by atoms with Crippen molar-refractivity contribution in [3.8, 4) is 5.75 Å². The van der Waals surface area contributed by atoms with Crippen molar-refractivity contribution in [2.24, 2.45) is 0 Å². The zero-order chi connectivity index (χ0) is 16.2. The fraction of sp³-hybridized carbons (Fsp3) is 0.471. The number of aromatic nitrogens is 1. The van der Waals surface area contributed by atoms with E-state index in [1.165, 1.54) is 0 Å². The summed E-state index contributed by atoms with van der Waals surface area (Å²) in [6.45, 7) is 3.35. The molecule has 0 aliphatic carbocycles. The number of para-hydroxylation sites is 1. The number of hydrogen-bond acceptors (Lipinski definition) is 6. The second kappa shape index (κ2) is 10.9. The lowest BCUT2D eigenvalue weighted by Crippen LogP contribution is -2.13. The van der Waals surface area contributed by atoms with Crippen molar-refractivity contribution >= 4 is 10.9 Å². The number of hydrogen-bond donors (Lipinski definition) is 1. The van der Waals surface area contributed by atoms with Gasteiger partial charge in [-0.1, -0.05) is 18.2 Å². The Bertz CT molecular complexity index is 558. The van der Waals surface area contributed by atoms with Gasteiger partial charge in [0.15, 0.2) is 0 Å². The first-order chi connectivity index (χ1) is 11.4. The highest BCUT2D eigenvalue weighted by Gasteiger charge is 2.02. The average Bonchev–Trinajstić information content (AvgIpc) is 2.60. The minimum absolute atomic E-state index is 0.0370. The number of aliphatic hydroxyl groups is 1. The molecule has 0 aliphatic heterocycles. The van der Waals surface area contributed by atoms with Crippen LogP contribution in [0.2, 0.25) is 0 Å². The molecule has 6 heteroatoms. The van der Waals surface area contributed by atoms with Gasteiger partial charge < -0.3 is 24.1 Å². The third kappa shape index (κ3) is 6.50. The van der Waals surface area contributed by atoms with Gasteiger partial charge in [0, 0.05) is 11.6 Å². The molecule has 23 heavy (non-hydrogen) atoms. The van der Waals surface area contributed by atoms with Gasteiger partial charge in [0.05, 0.1) is 46.2 Å². The summed E-state index contributed by atoms with van der Waals surface area (Å²) in [6.07, 6.45) is 1.76. The van der Waals surface area contributed by atoms with E-state index < -0.39 is 0 Å². The Labute approximate surface area is 136 Å². The van der Waals surface area contributed by atoms with Crippen molar-refractivity contribution in [1.29, 1.82) is 0 Å². The van der Waals surface area contributed by atoms with Gasteiger partial charge in [-0.2, -0.15) is 0 Å². The van der Waals surface area contributed by atoms with Crippen LogP contribution in [0, 0.1) is 0 Å². The second-order valence-corrected chi connectivity index (χ2v) is 4.74. The summed E-state index contributed by atoms with van der Waals surface area (Å²) in [5, 5.41) is 9.59. The molecule has 6 nitrogen and oxygen atoms in total. The summed E-state index contributed by atoms with van der Waals surface area (Å²) >= 11 is 0. The Morgan fingerprint density at radius 2 is 1.43 bits per heavy atom. The molecule has 0 aliphatic rings. The van der Waals surface area contributed by atoms with E-state index in [2.05, 4.69) is 4.98 Å². The van der Waals surface area contributed by atoms with Crippen molar-refractivity contribution in [2.45, 2.75) is 0 Å². The lowest BCUT2D eigenvalue weighted by Gasteiger charge is -2.09. The number of ether oxygens (including phenoxy) is 4. The van der Waals surface area contributed by atoms with Gasteiger partial charge in [0.2, 0.25) is 0 Å². The molecule has 0 spiro atoms. The normalized spacial score (nSPS) is 11.0. The highest BCUT2D eigenvalue weighted by molar-refractivity contribution is 5.84. The number of pyridine rings is 1. The van der Waals surface area contributed by atoms with E-state index in [1.807, 2.05) is 30.3 Å². The SMILES string of the molecule is OCCOCCOCCOCCOc1cccc2cccnc12. The van der Waals surface area contributed by atoms with E-state index in [1.54, 1.807) is 6.20 Å². The fourth-order valence-corrected chi connectivity index (χ4v) is 2.01. The van der Waals surface area contributed by atoms with Crippen LogP contribution in [0.5, 0.6) is 5.75 Å². The Hall–Kier alpha value is -1.73. The van der Waals surface area contributed by atoms with Gasteiger partial charge in [-0.05, 0) is 12.1 Å². The number of benzene rings is 1. The minimum atomic E-state index is 0.0370. The van der Waals surface area contributed by atoms with Gasteiger partial charge >= 0.3 is 0 Å². The lowest BCUT2D eigenvalue weighted by molar-refractivity contribution is 0.00366. The first-order valence-electron chi connectivity index (χ1n) is 7.72. The Balaban J connectivity index is 1.54. The summed E-state index contributed by atoms with van der Waals surface area (Å²) in [4.78, 5) is 4.34. The van der Waals surface area contributed by atoms with Gasteiger partial charge in [-0.15, -0.1) is 0 Å². The maximum absolute atomic E-state index is 8.53. The topological polar surface area (TPSA) is 70.0 Å². The van der Waals surface area contributed by atoms with Crippen LogP contribution < -0.4 is 4.74 Å². The van der Waals surface area contributed by atoms with Crippen molar-refractivity contribution < 1.29 is 24.1 Å². The molecule has 1 N–H and O–H groups in total. The van der Waals surface area contributed by atoms with Crippen LogP contribution in [0.15, 0.2) is 36.5 Å². The maximum Gasteiger partial charge on any atom is 0.145 e. The zero-order valence-electron chi connectivity index (χ0n) is 13.1. The van der Waals surface area contributed by atoms with E-state index in [0.29, 0.717) is 46.2 Å². The molecule has 0 bridgehead atoms. The maximum atomic E-state index is 8.53. The molecule has 0 atom stereocenters. The van der Waals surface area contributed by atoms with Crippen LogP contribution in [0.25, 0.3) is 10.9 Å². The minimum Gasteiger partial charge on any atom is -0.489 e. The zero-order valence-corrected chi connectivity index (χ0v) is 13.1. The van der Waals surface area contributed by atoms with E-state index in [4.69, 9.17) is 24.1 Å². The average molecular weight is 321 g/mol. The van der Waals surface area contributed by atoms with Crippen LogP contribution >= 0.6 is 0 Å². The molecular weight excluding hydrogens is 298 g/mol. The van der Waals surface area contributed by atoms with Gasteiger partial charge in [0.1, 0.15) is 17.9 Å². The van der Waals surface area contributed by atoms with Crippen LogP contribution in [0.4, 0.5) is 0 Å². The summed E-state index contributed by atoms with van der Waals surface area (Å²) in [7, 11) is 0. The molecule has 0 radical (unpaired) electrons. The first kappa shape index (κ1) is 17.6. The molecule has 0 unspecified atom stereocenters. The molecular formula is C17H23NO5. The Morgan fingerprint density at radius 1 is 0.783 bits per heavy atom. The lowest BCUT2D eigenvalue weighted by atomic mass is 10.2. The monoisotopic (exact) mass is 321 g/mol. The molecule has 0 amide bonds. The summed E-state index contributed by atoms with van der Waals surface area (Å²) in [6, 6.07) is 9.78. The van der Waals surface area contributed by atoms with Crippen molar-refractivity contribution in [2.75, 3.05) is 52.9 Å². The molecule has 2 aromatic rings. The standard InChI is InChI=1S/C17H23NO5/c19-7-8-20-9-10-21-11-12-22-13-14-23-16-5-1-3-15-4-2-6-18-17(15)16/h1-6,19H,7-14H2. The molecule has 0 saturated heterocycles. The largest absolute Gasteiger partial charge is 0.489 e. The van der Waals surface area contributed by atoms with Crippen molar-refractivity contribution in [1.82, 2.24) is 4.98 Å². The highest BCUT2D eigenvalue weighted by atomic mass is 16.6. The van der Waals surface area contributed by atoms with Gasteiger partial charge in [-0.25, -0.2) is 0 Å². The predicted octanol–water partition coefficient (Wildman–Crippen LogP) is 1.66. The molecule has 0 fully saturated rings. The van der Waals surface area contributed by atoms with Crippen LogP contribution in [-0.4, -0.2) is 62.9 Å². The Morgan fingerprint density at radius 3 is 2.17 bits per heavy atom. The second-order valence-electron chi connectivity index (χ2n) is 4.74. The molecule has 1 aromatic heterocycles.